The van der Waals surface area contributed by atoms with Crippen LogP contribution in [0.25, 0.3) is 0 Å². The molecule has 1 aliphatic carbocycles. The zero-order valence-corrected chi connectivity index (χ0v) is 11.1. The Hall–Kier alpha value is -1.88. The fourth-order valence-electron chi connectivity index (χ4n) is 2.20. The molecule has 0 bridgehead atoms. The Morgan fingerprint density at radius 1 is 1.42 bits per heavy atom. The van der Waals surface area contributed by atoms with Gasteiger partial charge in [0.25, 0.3) is 0 Å². The highest BCUT2D eigenvalue weighted by atomic mass is 32.1. The maximum absolute atomic E-state index is 10.8. The minimum atomic E-state index is -0.683. The second-order valence-electron chi connectivity index (χ2n) is 4.80. The van der Waals surface area contributed by atoms with Crippen molar-refractivity contribution in [3.8, 4) is 0 Å². The largest absolute Gasteiger partial charge is 0.481 e. The van der Waals surface area contributed by atoms with Gasteiger partial charge in [0.05, 0.1) is 5.92 Å². The monoisotopic (exact) mass is 274 g/mol. The number of hydrogen-bond donors (Lipinski definition) is 2. The standard InChI is InChI=1S/C14H14N2O2S/c17-14(18)13-5-12(13)10-1-3-11(4-2-10)15-6-9-7-16-19-8-9/h1-4,7-8,12-13,15H,5-6H2,(H,17,18)/t12-,13+/m0/s1. The van der Waals surface area contributed by atoms with E-state index in [-0.39, 0.29) is 11.8 Å². The number of nitrogens with one attached hydrogen (secondary N) is 1. The summed E-state index contributed by atoms with van der Waals surface area (Å²) in [6, 6.07) is 8.04. The van der Waals surface area contributed by atoms with Crippen molar-refractivity contribution >= 4 is 23.2 Å². The normalized spacial score (nSPS) is 21.1. The van der Waals surface area contributed by atoms with Crippen LogP contribution in [0.5, 0.6) is 0 Å². The predicted molar refractivity (Wildman–Crippen MR) is 74.4 cm³/mol. The summed E-state index contributed by atoms with van der Waals surface area (Å²) in [7, 11) is 0. The van der Waals surface area contributed by atoms with Crippen molar-refractivity contribution in [1.29, 1.82) is 0 Å². The molecular weight excluding hydrogens is 260 g/mol. The van der Waals surface area contributed by atoms with Crippen molar-refractivity contribution in [2.24, 2.45) is 5.92 Å². The van der Waals surface area contributed by atoms with E-state index in [2.05, 4.69) is 9.69 Å². The Morgan fingerprint density at radius 2 is 2.21 bits per heavy atom. The van der Waals surface area contributed by atoms with E-state index in [9.17, 15) is 4.79 Å². The maximum Gasteiger partial charge on any atom is 0.307 e. The summed E-state index contributed by atoms with van der Waals surface area (Å²) >= 11 is 1.45. The summed E-state index contributed by atoms with van der Waals surface area (Å²) in [5, 5.41) is 14.2. The molecule has 0 saturated heterocycles. The van der Waals surface area contributed by atoms with E-state index in [1.165, 1.54) is 17.1 Å². The van der Waals surface area contributed by atoms with E-state index in [1.807, 2.05) is 35.8 Å². The van der Waals surface area contributed by atoms with Crippen molar-refractivity contribution in [2.45, 2.75) is 18.9 Å². The van der Waals surface area contributed by atoms with E-state index in [0.717, 1.165) is 24.2 Å². The summed E-state index contributed by atoms with van der Waals surface area (Å²) in [6.07, 6.45) is 2.62. The number of nitrogens with zero attached hydrogens (tertiary/aromatic N) is 1. The van der Waals surface area contributed by atoms with Crippen LogP contribution >= 0.6 is 11.5 Å². The Bertz CT molecular complexity index is 566. The molecule has 1 aromatic carbocycles. The third kappa shape index (κ3) is 2.76. The van der Waals surface area contributed by atoms with E-state index in [0.29, 0.717) is 0 Å². The first-order valence-electron chi connectivity index (χ1n) is 6.19. The molecule has 0 radical (unpaired) electrons. The Morgan fingerprint density at radius 3 is 2.79 bits per heavy atom. The van der Waals surface area contributed by atoms with Crippen molar-refractivity contribution in [3.05, 3.63) is 47.0 Å². The molecule has 98 valence electrons. The van der Waals surface area contributed by atoms with Crippen molar-refractivity contribution in [3.63, 3.8) is 0 Å². The first kappa shape index (κ1) is 12.2. The summed E-state index contributed by atoms with van der Waals surface area (Å²) in [5.41, 5.74) is 3.33. The number of carboxylic acid groups (broad SMARTS) is 1. The summed E-state index contributed by atoms with van der Waals surface area (Å²) in [5.74, 6) is -0.666. The third-order valence-electron chi connectivity index (χ3n) is 3.43. The predicted octanol–water partition coefficient (Wildman–Crippen LogP) is 2.94. The average Bonchev–Trinajstić information content (AvgIpc) is 3.06. The Balaban J connectivity index is 1.59. The molecule has 2 N–H and O–H groups in total. The number of aliphatic carboxylic acids is 1. The molecule has 1 aliphatic rings. The van der Waals surface area contributed by atoms with E-state index in [4.69, 9.17) is 5.11 Å². The number of carboxylic acids is 1. The second kappa shape index (κ2) is 5.01. The van der Waals surface area contributed by atoms with Gasteiger partial charge >= 0.3 is 5.97 Å². The van der Waals surface area contributed by atoms with Gasteiger partial charge in [0.1, 0.15) is 0 Å². The molecule has 0 amide bonds. The lowest BCUT2D eigenvalue weighted by Gasteiger charge is -2.06. The molecule has 0 spiro atoms. The van der Waals surface area contributed by atoms with Crippen LogP contribution in [-0.2, 0) is 11.3 Å². The number of aromatic nitrogens is 1. The number of carbonyl (C=O) groups is 1. The molecule has 1 saturated carbocycles. The number of rotatable bonds is 5. The smallest absolute Gasteiger partial charge is 0.307 e. The molecule has 2 aromatic rings. The molecule has 5 heteroatoms. The average molecular weight is 274 g/mol. The van der Waals surface area contributed by atoms with Crippen LogP contribution in [0.2, 0.25) is 0 Å². The molecule has 4 nitrogen and oxygen atoms in total. The second-order valence-corrected chi connectivity index (χ2v) is 5.45. The minimum Gasteiger partial charge on any atom is -0.481 e. The quantitative estimate of drug-likeness (QED) is 0.880. The van der Waals surface area contributed by atoms with Crippen LogP contribution in [-0.4, -0.2) is 15.4 Å². The lowest BCUT2D eigenvalue weighted by molar-refractivity contribution is -0.138. The highest BCUT2D eigenvalue weighted by Gasteiger charge is 2.43. The van der Waals surface area contributed by atoms with Crippen LogP contribution in [0.1, 0.15) is 23.5 Å². The molecule has 1 heterocycles. The molecule has 0 unspecified atom stereocenters. The lowest BCUT2D eigenvalue weighted by Crippen LogP contribution is -2.00. The van der Waals surface area contributed by atoms with Crippen LogP contribution in [0.3, 0.4) is 0 Å². The summed E-state index contributed by atoms with van der Waals surface area (Å²) < 4.78 is 4.05. The Labute approximate surface area is 115 Å². The van der Waals surface area contributed by atoms with Crippen LogP contribution in [0.15, 0.2) is 35.8 Å². The number of hydrogen-bond acceptors (Lipinski definition) is 4. The van der Waals surface area contributed by atoms with Crippen molar-refractivity contribution < 1.29 is 9.90 Å². The molecule has 19 heavy (non-hydrogen) atoms. The SMILES string of the molecule is O=C(O)[C@@H]1C[C@H]1c1ccc(NCc2cnsc2)cc1. The summed E-state index contributed by atoms with van der Waals surface area (Å²) in [6.45, 7) is 0.761. The number of benzene rings is 1. The van der Waals surface area contributed by atoms with Gasteiger partial charge in [-0.3, -0.25) is 4.79 Å². The lowest BCUT2D eigenvalue weighted by atomic mass is 10.1. The van der Waals surface area contributed by atoms with E-state index < -0.39 is 5.97 Å². The van der Waals surface area contributed by atoms with Crippen LogP contribution < -0.4 is 5.32 Å². The topological polar surface area (TPSA) is 62.2 Å². The van der Waals surface area contributed by atoms with Gasteiger partial charge in [-0.2, -0.15) is 0 Å². The van der Waals surface area contributed by atoms with Gasteiger partial charge < -0.3 is 10.4 Å². The third-order valence-corrected chi connectivity index (χ3v) is 4.06. The van der Waals surface area contributed by atoms with Gasteiger partial charge in [0, 0.05) is 29.4 Å². The molecule has 1 fully saturated rings. The first-order valence-corrected chi connectivity index (χ1v) is 7.02. The van der Waals surface area contributed by atoms with E-state index in [1.54, 1.807) is 0 Å². The fraction of sp³-hybridized carbons (Fsp3) is 0.286. The van der Waals surface area contributed by atoms with Crippen LogP contribution in [0, 0.1) is 5.92 Å². The van der Waals surface area contributed by atoms with Crippen molar-refractivity contribution in [1.82, 2.24) is 4.37 Å². The number of anilines is 1. The van der Waals surface area contributed by atoms with Gasteiger partial charge in [-0.15, -0.1) is 0 Å². The molecule has 2 atom stereocenters. The highest BCUT2D eigenvalue weighted by molar-refractivity contribution is 7.03. The van der Waals surface area contributed by atoms with E-state index >= 15 is 0 Å². The zero-order valence-electron chi connectivity index (χ0n) is 10.2. The zero-order chi connectivity index (χ0) is 13.2. The van der Waals surface area contributed by atoms with Gasteiger partial charge in [0.2, 0.25) is 0 Å². The first-order chi connectivity index (χ1) is 9.24. The molecular formula is C14H14N2O2S. The fourth-order valence-corrected chi connectivity index (χ4v) is 2.74. The summed E-state index contributed by atoms with van der Waals surface area (Å²) in [4.78, 5) is 10.8. The molecule has 1 aromatic heterocycles. The Kier molecular flexibility index (Phi) is 3.21. The van der Waals surface area contributed by atoms with Crippen molar-refractivity contribution in [2.75, 3.05) is 5.32 Å². The molecule has 3 rings (SSSR count). The van der Waals surface area contributed by atoms with Gasteiger partial charge in [0.15, 0.2) is 0 Å². The van der Waals surface area contributed by atoms with Gasteiger partial charge in [-0.25, -0.2) is 4.37 Å². The van der Waals surface area contributed by atoms with Crippen LogP contribution in [0.4, 0.5) is 5.69 Å². The van der Waals surface area contributed by atoms with Gasteiger partial charge in [-0.05, 0) is 41.6 Å². The maximum atomic E-state index is 10.8. The molecule has 0 aliphatic heterocycles. The highest BCUT2D eigenvalue weighted by Crippen LogP contribution is 2.47. The van der Waals surface area contributed by atoms with Gasteiger partial charge in [-0.1, -0.05) is 12.1 Å². The minimum absolute atomic E-state index is 0.185.